The smallest absolute Gasteiger partial charge is 0.329 e. The molecular weight excluding hydrogens is 352 g/mol. The van der Waals surface area contributed by atoms with E-state index in [-0.39, 0.29) is 6.54 Å². The number of hydrogen-bond acceptors (Lipinski definition) is 3. The Morgan fingerprint density at radius 2 is 1.61 bits per heavy atom. The summed E-state index contributed by atoms with van der Waals surface area (Å²) in [6.45, 7) is 4.28. The summed E-state index contributed by atoms with van der Waals surface area (Å²) in [6, 6.07) is 21.4. The molecule has 0 unspecified atom stereocenters. The van der Waals surface area contributed by atoms with Gasteiger partial charge in [-0.05, 0) is 37.6 Å². The van der Waals surface area contributed by atoms with Gasteiger partial charge in [0.1, 0.15) is 0 Å². The summed E-state index contributed by atoms with van der Waals surface area (Å²) in [4.78, 5) is 23.8. The van der Waals surface area contributed by atoms with E-state index in [9.17, 15) is 9.59 Å². The van der Waals surface area contributed by atoms with Crippen LogP contribution in [0.25, 0.3) is 5.69 Å². The largest absolute Gasteiger partial charge is 0.344 e. The molecule has 28 heavy (non-hydrogen) atoms. The van der Waals surface area contributed by atoms with E-state index in [1.807, 2.05) is 80.6 Å². The van der Waals surface area contributed by atoms with Crippen LogP contribution in [-0.2, 0) is 16.1 Å². The van der Waals surface area contributed by atoms with E-state index in [0.717, 1.165) is 28.2 Å². The molecular formula is C22H22N4O2. The highest BCUT2D eigenvalue weighted by Gasteiger charge is 2.12. The Balaban J connectivity index is 1.60. The lowest BCUT2D eigenvalue weighted by molar-refractivity contribution is -0.139. The lowest BCUT2D eigenvalue weighted by Gasteiger charge is -2.08. The number of carbonyl (C=O) groups is 2. The van der Waals surface area contributed by atoms with Crippen LogP contribution in [0.5, 0.6) is 0 Å². The normalized spacial score (nSPS) is 10.8. The summed E-state index contributed by atoms with van der Waals surface area (Å²) in [7, 11) is 0. The molecule has 0 fully saturated rings. The van der Waals surface area contributed by atoms with E-state index in [1.54, 1.807) is 6.21 Å². The molecule has 0 saturated carbocycles. The summed E-state index contributed by atoms with van der Waals surface area (Å²) in [5, 5.41) is 6.49. The Morgan fingerprint density at radius 3 is 2.29 bits per heavy atom. The quantitative estimate of drug-likeness (QED) is 0.409. The number of carbonyl (C=O) groups excluding carboxylic acids is 2. The second-order valence-corrected chi connectivity index (χ2v) is 6.36. The first-order chi connectivity index (χ1) is 13.6. The lowest BCUT2D eigenvalue weighted by Crippen LogP contribution is -2.37. The number of para-hydroxylation sites is 1. The van der Waals surface area contributed by atoms with Crippen molar-refractivity contribution in [3.63, 3.8) is 0 Å². The first-order valence-electron chi connectivity index (χ1n) is 8.96. The topological polar surface area (TPSA) is 75.5 Å². The van der Waals surface area contributed by atoms with Gasteiger partial charge in [-0.2, -0.15) is 5.10 Å². The molecule has 6 nitrogen and oxygen atoms in total. The van der Waals surface area contributed by atoms with E-state index >= 15 is 0 Å². The molecule has 0 atom stereocenters. The summed E-state index contributed by atoms with van der Waals surface area (Å²) >= 11 is 0. The van der Waals surface area contributed by atoms with Gasteiger partial charge in [-0.25, -0.2) is 5.43 Å². The van der Waals surface area contributed by atoms with Gasteiger partial charge in [0.25, 0.3) is 0 Å². The second-order valence-electron chi connectivity index (χ2n) is 6.36. The molecule has 0 aliphatic carbocycles. The molecule has 6 heteroatoms. The zero-order chi connectivity index (χ0) is 19.9. The van der Waals surface area contributed by atoms with Gasteiger partial charge in [0.05, 0.1) is 6.21 Å². The van der Waals surface area contributed by atoms with Crippen molar-refractivity contribution in [3.8, 4) is 5.69 Å². The number of nitrogens with one attached hydrogen (secondary N) is 2. The Labute approximate surface area is 163 Å². The summed E-state index contributed by atoms with van der Waals surface area (Å²) in [5.74, 6) is -1.53. The highest BCUT2D eigenvalue weighted by atomic mass is 16.2. The number of aryl methyl sites for hydroxylation is 1. The maximum atomic E-state index is 11.9. The maximum absolute atomic E-state index is 11.9. The van der Waals surface area contributed by atoms with Crippen molar-refractivity contribution in [3.05, 3.63) is 89.2 Å². The summed E-state index contributed by atoms with van der Waals surface area (Å²) in [5.41, 5.74) is 7.16. The van der Waals surface area contributed by atoms with Gasteiger partial charge in [-0.15, -0.1) is 0 Å². The Kier molecular flexibility index (Phi) is 6.01. The molecule has 0 radical (unpaired) electrons. The van der Waals surface area contributed by atoms with Gasteiger partial charge in [-0.1, -0.05) is 48.5 Å². The van der Waals surface area contributed by atoms with E-state index in [4.69, 9.17) is 0 Å². The third kappa shape index (κ3) is 4.54. The van der Waals surface area contributed by atoms with Crippen LogP contribution < -0.4 is 10.7 Å². The van der Waals surface area contributed by atoms with Crippen molar-refractivity contribution in [1.29, 1.82) is 0 Å². The van der Waals surface area contributed by atoms with Crippen LogP contribution in [0.15, 0.2) is 71.8 Å². The third-order valence-corrected chi connectivity index (χ3v) is 4.36. The van der Waals surface area contributed by atoms with Crippen molar-refractivity contribution in [2.24, 2.45) is 5.10 Å². The summed E-state index contributed by atoms with van der Waals surface area (Å²) < 4.78 is 2.11. The second kappa shape index (κ2) is 8.81. The SMILES string of the molecule is Cc1cc(/C=N\NC(=O)C(=O)NCc2ccccc2)c(C)n1-c1ccccc1. The molecule has 0 aliphatic heterocycles. The van der Waals surface area contributed by atoms with E-state index in [1.165, 1.54) is 0 Å². The molecule has 0 aliphatic rings. The van der Waals surface area contributed by atoms with Gasteiger partial charge in [-0.3, -0.25) is 9.59 Å². The highest BCUT2D eigenvalue weighted by molar-refractivity contribution is 6.35. The Bertz CT molecular complexity index is 992. The van der Waals surface area contributed by atoms with Crippen LogP contribution in [0.3, 0.4) is 0 Å². The van der Waals surface area contributed by atoms with E-state index < -0.39 is 11.8 Å². The lowest BCUT2D eigenvalue weighted by atomic mass is 10.2. The van der Waals surface area contributed by atoms with Crippen molar-refractivity contribution < 1.29 is 9.59 Å². The van der Waals surface area contributed by atoms with E-state index in [0.29, 0.717) is 0 Å². The third-order valence-electron chi connectivity index (χ3n) is 4.36. The molecule has 0 saturated heterocycles. The van der Waals surface area contributed by atoms with Crippen LogP contribution in [-0.4, -0.2) is 22.6 Å². The minimum absolute atomic E-state index is 0.287. The van der Waals surface area contributed by atoms with Gasteiger partial charge < -0.3 is 9.88 Å². The molecule has 2 amide bonds. The fourth-order valence-electron chi connectivity index (χ4n) is 2.96. The first-order valence-corrected chi connectivity index (χ1v) is 8.96. The van der Waals surface area contributed by atoms with Crippen LogP contribution in [0.4, 0.5) is 0 Å². The van der Waals surface area contributed by atoms with E-state index in [2.05, 4.69) is 20.4 Å². The summed E-state index contributed by atoms with van der Waals surface area (Å²) in [6.07, 6.45) is 1.55. The van der Waals surface area contributed by atoms with Gasteiger partial charge in [0.2, 0.25) is 0 Å². The Hall–Kier alpha value is -3.67. The minimum Gasteiger partial charge on any atom is -0.344 e. The number of hydrazone groups is 1. The number of rotatable bonds is 5. The molecule has 1 aromatic heterocycles. The predicted octanol–water partition coefficient (Wildman–Crippen LogP) is 2.86. The fourth-order valence-corrected chi connectivity index (χ4v) is 2.96. The molecule has 2 N–H and O–H groups in total. The number of amides is 2. The molecule has 0 bridgehead atoms. The number of hydrogen-bond donors (Lipinski definition) is 2. The standard InChI is InChI=1S/C22H22N4O2/c1-16-13-19(17(2)26(16)20-11-7-4-8-12-20)15-24-25-22(28)21(27)23-14-18-9-5-3-6-10-18/h3-13,15H,14H2,1-2H3,(H,23,27)(H,25,28)/b24-15-. The van der Waals surface area contributed by atoms with Crippen LogP contribution in [0, 0.1) is 13.8 Å². The average molecular weight is 374 g/mol. The maximum Gasteiger partial charge on any atom is 0.329 e. The highest BCUT2D eigenvalue weighted by Crippen LogP contribution is 2.19. The first kappa shape index (κ1) is 19.1. The number of benzene rings is 2. The molecule has 142 valence electrons. The van der Waals surface area contributed by atoms with Crippen LogP contribution >= 0.6 is 0 Å². The zero-order valence-electron chi connectivity index (χ0n) is 15.8. The van der Waals surface area contributed by atoms with Crippen molar-refractivity contribution in [2.45, 2.75) is 20.4 Å². The van der Waals surface area contributed by atoms with Gasteiger partial charge in [0, 0.05) is 29.2 Å². The molecule has 0 spiro atoms. The average Bonchev–Trinajstić information content (AvgIpc) is 3.00. The number of nitrogens with zero attached hydrogens (tertiary/aromatic N) is 2. The van der Waals surface area contributed by atoms with Crippen LogP contribution in [0.1, 0.15) is 22.5 Å². The van der Waals surface area contributed by atoms with Crippen molar-refractivity contribution >= 4 is 18.0 Å². The monoisotopic (exact) mass is 374 g/mol. The molecule has 3 rings (SSSR count). The zero-order valence-corrected chi connectivity index (χ0v) is 15.8. The minimum atomic E-state index is -0.802. The van der Waals surface area contributed by atoms with Crippen molar-refractivity contribution in [2.75, 3.05) is 0 Å². The predicted molar refractivity (Wildman–Crippen MR) is 109 cm³/mol. The molecule has 2 aromatic carbocycles. The Morgan fingerprint density at radius 1 is 0.964 bits per heavy atom. The molecule has 3 aromatic rings. The van der Waals surface area contributed by atoms with Crippen molar-refractivity contribution in [1.82, 2.24) is 15.3 Å². The molecule has 1 heterocycles. The van der Waals surface area contributed by atoms with Crippen LogP contribution in [0.2, 0.25) is 0 Å². The van der Waals surface area contributed by atoms with Gasteiger partial charge in [0.15, 0.2) is 0 Å². The van der Waals surface area contributed by atoms with Gasteiger partial charge >= 0.3 is 11.8 Å². The number of aromatic nitrogens is 1. The fraction of sp³-hybridized carbons (Fsp3) is 0.136.